The normalized spacial score (nSPS) is 10.0. The number of carbonyl (C=O) groups excluding carboxylic acids is 1. The van der Waals surface area contributed by atoms with Crippen molar-refractivity contribution in [3.05, 3.63) is 29.6 Å². The van der Waals surface area contributed by atoms with Crippen LogP contribution in [0, 0.1) is 17.5 Å². The van der Waals surface area contributed by atoms with Gasteiger partial charge < -0.3 is 10.6 Å². The van der Waals surface area contributed by atoms with Crippen molar-refractivity contribution >= 4 is 11.6 Å². The maximum atomic E-state index is 13.1. The predicted octanol–water partition coefficient (Wildman–Crippen LogP) is 1.65. The molecule has 0 aliphatic rings. The van der Waals surface area contributed by atoms with Gasteiger partial charge in [-0.15, -0.1) is 0 Å². The summed E-state index contributed by atoms with van der Waals surface area (Å²) in [5, 5.41) is 4.93. The molecule has 0 unspecified atom stereocenters. The van der Waals surface area contributed by atoms with Crippen LogP contribution in [-0.4, -0.2) is 19.0 Å². The molecule has 0 aliphatic carbocycles. The third-order valence-corrected chi connectivity index (χ3v) is 1.81. The van der Waals surface area contributed by atoms with Crippen LogP contribution in [0.2, 0.25) is 0 Å². The number of nitrogens with one attached hydrogen (secondary N) is 2. The molecule has 1 aromatic carbocycles. The zero-order valence-corrected chi connectivity index (χ0v) is 8.61. The van der Waals surface area contributed by atoms with Crippen molar-refractivity contribution in [1.29, 1.82) is 0 Å². The van der Waals surface area contributed by atoms with Crippen LogP contribution in [0.5, 0.6) is 0 Å². The molecule has 0 heterocycles. The maximum Gasteiger partial charge on any atom is 0.216 e. The second-order valence-electron chi connectivity index (χ2n) is 3.16. The van der Waals surface area contributed by atoms with Crippen LogP contribution in [0.3, 0.4) is 0 Å². The van der Waals surface area contributed by atoms with E-state index in [2.05, 4.69) is 10.6 Å². The number of carbonyl (C=O) groups is 1. The molecule has 0 saturated carbocycles. The molecule has 0 saturated heterocycles. The fraction of sp³-hybridized carbons (Fsp3) is 0.300. The number of anilines is 1. The van der Waals surface area contributed by atoms with Gasteiger partial charge in [-0.2, -0.15) is 0 Å². The zero-order valence-electron chi connectivity index (χ0n) is 8.61. The first-order valence-corrected chi connectivity index (χ1v) is 4.63. The molecule has 2 N–H and O–H groups in total. The molecular weight excluding hydrogens is 221 g/mol. The zero-order chi connectivity index (χ0) is 12.1. The molecule has 0 spiro atoms. The van der Waals surface area contributed by atoms with Gasteiger partial charge in [-0.05, 0) is 0 Å². The summed E-state index contributed by atoms with van der Waals surface area (Å²) in [6, 6.07) is 1.32. The Bertz CT molecular complexity index is 396. The Hall–Kier alpha value is -1.72. The highest BCUT2D eigenvalue weighted by Crippen LogP contribution is 2.18. The Morgan fingerprint density at radius 3 is 2.56 bits per heavy atom. The molecule has 6 heteroatoms. The lowest BCUT2D eigenvalue weighted by atomic mass is 10.3. The summed E-state index contributed by atoms with van der Waals surface area (Å²) in [6.07, 6.45) is 0. The summed E-state index contributed by atoms with van der Waals surface area (Å²) in [5.41, 5.74) is -0.261. The quantitative estimate of drug-likeness (QED) is 0.612. The lowest BCUT2D eigenvalue weighted by molar-refractivity contribution is -0.118. The monoisotopic (exact) mass is 232 g/mol. The van der Waals surface area contributed by atoms with E-state index in [1.165, 1.54) is 6.92 Å². The molecule has 0 bridgehead atoms. The van der Waals surface area contributed by atoms with Crippen molar-refractivity contribution in [3.8, 4) is 0 Å². The van der Waals surface area contributed by atoms with Crippen LogP contribution < -0.4 is 10.6 Å². The Morgan fingerprint density at radius 1 is 1.25 bits per heavy atom. The van der Waals surface area contributed by atoms with Crippen molar-refractivity contribution in [2.45, 2.75) is 6.92 Å². The van der Waals surface area contributed by atoms with E-state index in [9.17, 15) is 18.0 Å². The predicted molar refractivity (Wildman–Crippen MR) is 53.5 cm³/mol. The minimum atomic E-state index is -1.25. The summed E-state index contributed by atoms with van der Waals surface area (Å²) in [4.78, 5) is 10.5. The van der Waals surface area contributed by atoms with Crippen molar-refractivity contribution in [1.82, 2.24) is 5.32 Å². The van der Waals surface area contributed by atoms with Gasteiger partial charge in [-0.1, -0.05) is 0 Å². The Kier molecular flexibility index (Phi) is 4.16. The minimum Gasteiger partial charge on any atom is -0.381 e. The Morgan fingerprint density at radius 2 is 1.94 bits per heavy atom. The van der Waals surface area contributed by atoms with Gasteiger partial charge in [0.2, 0.25) is 5.91 Å². The molecule has 0 radical (unpaired) electrons. The SMILES string of the molecule is CC(=O)NCCNc1cc(F)cc(F)c1F. The first-order valence-electron chi connectivity index (χ1n) is 4.63. The first kappa shape index (κ1) is 12.4. The summed E-state index contributed by atoms with van der Waals surface area (Å²) in [7, 11) is 0. The topological polar surface area (TPSA) is 41.1 Å². The number of amides is 1. The molecule has 16 heavy (non-hydrogen) atoms. The van der Waals surface area contributed by atoms with Gasteiger partial charge in [0.1, 0.15) is 5.82 Å². The molecule has 0 fully saturated rings. The first-order chi connectivity index (χ1) is 7.50. The fourth-order valence-electron chi connectivity index (χ4n) is 1.12. The molecule has 1 rings (SSSR count). The van der Waals surface area contributed by atoms with E-state index in [-0.39, 0.29) is 24.7 Å². The standard InChI is InChI=1S/C10H11F3N2O/c1-6(16)14-2-3-15-9-5-7(11)4-8(12)10(9)13/h4-5,15H,2-3H2,1H3,(H,14,16). The van der Waals surface area contributed by atoms with Gasteiger partial charge in [0.05, 0.1) is 5.69 Å². The van der Waals surface area contributed by atoms with E-state index < -0.39 is 17.5 Å². The molecule has 88 valence electrons. The third-order valence-electron chi connectivity index (χ3n) is 1.81. The highest BCUT2D eigenvalue weighted by molar-refractivity contribution is 5.72. The summed E-state index contributed by atoms with van der Waals surface area (Å²) >= 11 is 0. The number of rotatable bonds is 4. The molecular formula is C10H11F3N2O. The third kappa shape index (κ3) is 3.45. The minimum absolute atomic E-state index is 0.180. The van der Waals surface area contributed by atoms with Gasteiger partial charge >= 0.3 is 0 Å². The molecule has 0 atom stereocenters. The molecule has 1 amide bonds. The van der Waals surface area contributed by atoms with Crippen molar-refractivity contribution < 1.29 is 18.0 Å². The van der Waals surface area contributed by atoms with Crippen LogP contribution in [-0.2, 0) is 4.79 Å². The van der Waals surface area contributed by atoms with E-state index in [4.69, 9.17) is 0 Å². The largest absolute Gasteiger partial charge is 0.381 e. The van der Waals surface area contributed by atoms with Gasteiger partial charge in [0, 0.05) is 32.1 Å². The highest BCUT2D eigenvalue weighted by Gasteiger charge is 2.10. The fourth-order valence-corrected chi connectivity index (χ4v) is 1.12. The smallest absolute Gasteiger partial charge is 0.216 e. The number of halogens is 3. The second-order valence-corrected chi connectivity index (χ2v) is 3.16. The van der Waals surface area contributed by atoms with E-state index in [1.54, 1.807) is 0 Å². The van der Waals surface area contributed by atoms with Gasteiger partial charge in [0.15, 0.2) is 11.6 Å². The van der Waals surface area contributed by atoms with Gasteiger partial charge in [-0.25, -0.2) is 13.2 Å². The molecule has 1 aromatic rings. The summed E-state index contributed by atoms with van der Waals surface area (Å²) in [5.74, 6) is -3.47. The second kappa shape index (κ2) is 5.39. The van der Waals surface area contributed by atoms with Gasteiger partial charge in [0.25, 0.3) is 0 Å². The van der Waals surface area contributed by atoms with E-state index in [0.717, 1.165) is 6.07 Å². The number of benzene rings is 1. The molecule has 0 aromatic heterocycles. The van der Waals surface area contributed by atoms with E-state index >= 15 is 0 Å². The average molecular weight is 232 g/mol. The molecule has 3 nitrogen and oxygen atoms in total. The van der Waals surface area contributed by atoms with E-state index in [0.29, 0.717) is 6.07 Å². The number of hydrogen-bond acceptors (Lipinski definition) is 2. The van der Waals surface area contributed by atoms with Crippen LogP contribution in [0.1, 0.15) is 6.92 Å². The lowest BCUT2D eigenvalue weighted by Crippen LogP contribution is -2.26. The average Bonchev–Trinajstić information content (AvgIpc) is 2.19. The van der Waals surface area contributed by atoms with E-state index in [1.807, 2.05) is 0 Å². The number of hydrogen-bond donors (Lipinski definition) is 2. The van der Waals surface area contributed by atoms with Crippen LogP contribution in [0.15, 0.2) is 12.1 Å². The van der Waals surface area contributed by atoms with Crippen LogP contribution in [0.25, 0.3) is 0 Å². The summed E-state index contributed by atoms with van der Waals surface area (Å²) in [6.45, 7) is 1.76. The summed E-state index contributed by atoms with van der Waals surface area (Å²) < 4.78 is 38.6. The van der Waals surface area contributed by atoms with Crippen molar-refractivity contribution in [3.63, 3.8) is 0 Å². The van der Waals surface area contributed by atoms with Crippen molar-refractivity contribution in [2.24, 2.45) is 0 Å². The van der Waals surface area contributed by atoms with Gasteiger partial charge in [-0.3, -0.25) is 4.79 Å². The van der Waals surface area contributed by atoms with Crippen LogP contribution in [0.4, 0.5) is 18.9 Å². The van der Waals surface area contributed by atoms with Crippen molar-refractivity contribution in [2.75, 3.05) is 18.4 Å². The van der Waals surface area contributed by atoms with Crippen LogP contribution >= 0.6 is 0 Å². The maximum absolute atomic E-state index is 13.1. The Labute approximate surface area is 90.6 Å². The highest BCUT2D eigenvalue weighted by atomic mass is 19.2. The molecule has 0 aliphatic heterocycles. The Balaban J connectivity index is 2.57. The lowest BCUT2D eigenvalue weighted by Gasteiger charge is -2.08.